The highest BCUT2D eigenvalue weighted by atomic mass is 14.9. The highest BCUT2D eigenvalue weighted by Crippen LogP contribution is 2.38. The zero-order valence-electron chi connectivity index (χ0n) is 24.5. The molecule has 7 aromatic carbocycles. The van der Waals surface area contributed by atoms with E-state index in [0.717, 1.165) is 22.5 Å². The van der Waals surface area contributed by atoms with Crippen molar-refractivity contribution in [1.29, 1.82) is 0 Å². The molecular weight excluding hydrogens is 532 g/mol. The van der Waals surface area contributed by atoms with Crippen molar-refractivity contribution in [2.45, 2.75) is 6.92 Å². The number of benzene rings is 7. The number of hydrogen-bond donors (Lipinski definition) is 1. The standard InChI is InChI=1S/C42H30N2/c1-28-10-2-3-11-34(28)40-16-8-9-17-42(40)44-33-24-32(26-43-27-33)30-20-18-29(19-21-30)31-22-23-39-37-14-5-4-12-35(37)36-13-6-7-15-38(36)41(39)25-31/h2-27,44H,1H3. The molecule has 8 rings (SSSR count). The summed E-state index contributed by atoms with van der Waals surface area (Å²) in [5.74, 6) is 0. The normalized spacial score (nSPS) is 11.3. The second-order valence-corrected chi connectivity index (χ2v) is 11.4. The van der Waals surface area contributed by atoms with Gasteiger partial charge in [0.05, 0.1) is 11.9 Å². The van der Waals surface area contributed by atoms with Gasteiger partial charge in [-0.2, -0.15) is 0 Å². The lowest BCUT2D eigenvalue weighted by Gasteiger charge is -2.14. The first kappa shape index (κ1) is 25.9. The van der Waals surface area contributed by atoms with Crippen LogP contribution in [-0.4, -0.2) is 4.98 Å². The van der Waals surface area contributed by atoms with Gasteiger partial charge in [-0.25, -0.2) is 0 Å². The number of aromatic nitrogens is 1. The van der Waals surface area contributed by atoms with Crippen molar-refractivity contribution in [1.82, 2.24) is 4.98 Å². The minimum Gasteiger partial charge on any atom is -0.354 e. The van der Waals surface area contributed by atoms with Crippen molar-refractivity contribution >= 4 is 43.7 Å². The second kappa shape index (κ2) is 10.8. The molecule has 1 N–H and O–H groups in total. The number of anilines is 2. The lowest BCUT2D eigenvalue weighted by atomic mass is 9.92. The number of rotatable bonds is 5. The topological polar surface area (TPSA) is 24.9 Å². The molecule has 2 heteroatoms. The third kappa shape index (κ3) is 4.58. The molecule has 44 heavy (non-hydrogen) atoms. The van der Waals surface area contributed by atoms with Gasteiger partial charge in [0.25, 0.3) is 0 Å². The third-order valence-electron chi connectivity index (χ3n) is 8.68. The minimum absolute atomic E-state index is 0.959. The Kier molecular flexibility index (Phi) is 6.39. The summed E-state index contributed by atoms with van der Waals surface area (Å²) < 4.78 is 0. The van der Waals surface area contributed by atoms with Crippen LogP contribution in [-0.2, 0) is 0 Å². The van der Waals surface area contributed by atoms with Gasteiger partial charge in [-0.05, 0) is 85.3 Å². The molecule has 0 bridgehead atoms. The maximum absolute atomic E-state index is 4.58. The van der Waals surface area contributed by atoms with Crippen LogP contribution in [0.4, 0.5) is 11.4 Å². The molecule has 0 unspecified atom stereocenters. The Balaban J connectivity index is 1.12. The van der Waals surface area contributed by atoms with Crippen LogP contribution in [0, 0.1) is 6.92 Å². The molecule has 0 amide bonds. The van der Waals surface area contributed by atoms with Crippen molar-refractivity contribution in [3.63, 3.8) is 0 Å². The number of pyridine rings is 1. The molecule has 0 atom stereocenters. The van der Waals surface area contributed by atoms with Gasteiger partial charge in [0, 0.05) is 23.0 Å². The van der Waals surface area contributed by atoms with Crippen LogP contribution in [0.15, 0.2) is 158 Å². The molecule has 0 fully saturated rings. The molecule has 2 nitrogen and oxygen atoms in total. The van der Waals surface area contributed by atoms with Gasteiger partial charge in [-0.1, -0.05) is 127 Å². The van der Waals surface area contributed by atoms with Crippen LogP contribution < -0.4 is 5.32 Å². The van der Waals surface area contributed by atoms with Crippen LogP contribution in [0.5, 0.6) is 0 Å². The summed E-state index contributed by atoms with van der Waals surface area (Å²) in [6.45, 7) is 2.15. The smallest absolute Gasteiger partial charge is 0.0577 e. The second-order valence-electron chi connectivity index (χ2n) is 11.4. The summed E-state index contributed by atoms with van der Waals surface area (Å²) in [5, 5.41) is 11.4. The predicted octanol–water partition coefficient (Wildman–Crippen LogP) is 11.6. The largest absolute Gasteiger partial charge is 0.354 e. The maximum Gasteiger partial charge on any atom is 0.0577 e. The molecule has 0 aliphatic rings. The Morgan fingerprint density at radius 2 is 0.932 bits per heavy atom. The van der Waals surface area contributed by atoms with Gasteiger partial charge in [-0.3, -0.25) is 4.98 Å². The van der Waals surface area contributed by atoms with Crippen molar-refractivity contribution in [3.05, 3.63) is 164 Å². The predicted molar refractivity (Wildman–Crippen MR) is 188 cm³/mol. The number of fused-ring (bicyclic) bond motifs is 6. The lowest BCUT2D eigenvalue weighted by molar-refractivity contribution is 1.32. The quantitative estimate of drug-likeness (QED) is 0.211. The van der Waals surface area contributed by atoms with Crippen LogP contribution in [0.1, 0.15) is 5.56 Å². The molecule has 8 aromatic rings. The van der Waals surface area contributed by atoms with E-state index < -0.39 is 0 Å². The first-order chi connectivity index (χ1) is 21.7. The fourth-order valence-corrected chi connectivity index (χ4v) is 6.47. The van der Waals surface area contributed by atoms with Gasteiger partial charge in [0.15, 0.2) is 0 Å². The van der Waals surface area contributed by atoms with E-state index in [1.807, 2.05) is 12.4 Å². The average Bonchev–Trinajstić information content (AvgIpc) is 3.09. The Hall–Kier alpha value is -5.73. The summed E-state index contributed by atoms with van der Waals surface area (Å²) in [6, 6.07) is 52.3. The van der Waals surface area contributed by atoms with Gasteiger partial charge in [0.2, 0.25) is 0 Å². The van der Waals surface area contributed by atoms with Crippen molar-refractivity contribution < 1.29 is 0 Å². The van der Waals surface area contributed by atoms with Crippen molar-refractivity contribution in [2.24, 2.45) is 0 Å². The van der Waals surface area contributed by atoms with E-state index in [4.69, 9.17) is 0 Å². The van der Waals surface area contributed by atoms with Crippen LogP contribution >= 0.6 is 0 Å². The molecular formula is C42H30N2. The molecule has 1 heterocycles. The summed E-state index contributed by atoms with van der Waals surface area (Å²) in [5.41, 5.74) is 10.3. The number of nitrogens with one attached hydrogen (secondary N) is 1. The summed E-state index contributed by atoms with van der Waals surface area (Å²) in [4.78, 5) is 4.58. The van der Waals surface area contributed by atoms with E-state index in [2.05, 4.69) is 163 Å². The summed E-state index contributed by atoms with van der Waals surface area (Å²) in [7, 11) is 0. The Labute approximate surface area is 257 Å². The molecule has 0 aliphatic heterocycles. The van der Waals surface area contributed by atoms with E-state index in [0.29, 0.717) is 0 Å². The Morgan fingerprint density at radius 1 is 0.409 bits per heavy atom. The summed E-state index contributed by atoms with van der Waals surface area (Å²) >= 11 is 0. The van der Waals surface area contributed by atoms with E-state index in [1.54, 1.807) is 0 Å². The molecule has 1 aromatic heterocycles. The van der Waals surface area contributed by atoms with Crippen LogP contribution in [0.3, 0.4) is 0 Å². The number of hydrogen-bond acceptors (Lipinski definition) is 2. The number of aryl methyl sites for hydroxylation is 1. The van der Waals surface area contributed by atoms with Crippen LogP contribution in [0.2, 0.25) is 0 Å². The van der Waals surface area contributed by atoms with Gasteiger partial charge in [-0.15, -0.1) is 0 Å². The van der Waals surface area contributed by atoms with E-state index in [-0.39, 0.29) is 0 Å². The lowest BCUT2D eigenvalue weighted by Crippen LogP contribution is -1.95. The number of para-hydroxylation sites is 1. The van der Waals surface area contributed by atoms with E-state index in [1.165, 1.54) is 60.1 Å². The van der Waals surface area contributed by atoms with Crippen LogP contribution in [0.25, 0.3) is 65.7 Å². The highest BCUT2D eigenvalue weighted by molar-refractivity contribution is 6.25. The Bertz CT molecular complexity index is 2280. The van der Waals surface area contributed by atoms with E-state index in [9.17, 15) is 0 Å². The van der Waals surface area contributed by atoms with Gasteiger partial charge < -0.3 is 5.32 Å². The fraction of sp³-hybridized carbons (Fsp3) is 0.0238. The average molecular weight is 563 g/mol. The molecule has 0 spiro atoms. The monoisotopic (exact) mass is 562 g/mol. The zero-order chi connectivity index (χ0) is 29.5. The fourth-order valence-electron chi connectivity index (χ4n) is 6.47. The molecule has 208 valence electrons. The Morgan fingerprint density at radius 3 is 1.61 bits per heavy atom. The van der Waals surface area contributed by atoms with Gasteiger partial charge in [0.1, 0.15) is 0 Å². The molecule has 0 aliphatic carbocycles. The zero-order valence-corrected chi connectivity index (χ0v) is 24.5. The molecule has 0 radical (unpaired) electrons. The third-order valence-corrected chi connectivity index (χ3v) is 8.68. The minimum atomic E-state index is 0.959. The molecule has 0 saturated carbocycles. The first-order valence-electron chi connectivity index (χ1n) is 15.0. The molecule has 0 saturated heterocycles. The maximum atomic E-state index is 4.58. The number of nitrogens with zero attached hydrogens (tertiary/aromatic N) is 1. The summed E-state index contributed by atoms with van der Waals surface area (Å²) in [6.07, 6.45) is 3.82. The van der Waals surface area contributed by atoms with Gasteiger partial charge >= 0.3 is 0 Å². The van der Waals surface area contributed by atoms with Crippen molar-refractivity contribution in [3.8, 4) is 33.4 Å². The SMILES string of the molecule is Cc1ccccc1-c1ccccc1Nc1cncc(-c2ccc(-c3ccc4c5ccccc5c5ccccc5c4c3)cc2)c1. The first-order valence-corrected chi connectivity index (χ1v) is 15.0. The van der Waals surface area contributed by atoms with E-state index >= 15 is 0 Å². The highest BCUT2D eigenvalue weighted by Gasteiger charge is 2.11. The van der Waals surface area contributed by atoms with Crippen molar-refractivity contribution in [2.75, 3.05) is 5.32 Å².